The summed E-state index contributed by atoms with van der Waals surface area (Å²) in [6.07, 6.45) is 1.63. The summed E-state index contributed by atoms with van der Waals surface area (Å²) in [5, 5.41) is 19.2. The van der Waals surface area contributed by atoms with Crippen LogP contribution in [0, 0.1) is 0 Å². The molecule has 2 aliphatic heterocycles. The van der Waals surface area contributed by atoms with Crippen LogP contribution in [0.2, 0.25) is 0 Å². The Morgan fingerprint density at radius 3 is 2.57 bits per heavy atom. The molecule has 2 fully saturated rings. The number of phenolic OH excluding ortho intramolecular Hbond substituents is 1. The average Bonchev–Trinajstić information content (AvgIpc) is 2.92. The third-order valence-electron chi connectivity index (χ3n) is 4.48. The highest BCUT2D eigenvalue weighted by Crippen LogP contribution is 2.29. The lowest BCUT2D eigenvalue weighted by molar-refractivity contribution is -0.158. The van der Waals surface area contributed by atoms with Crippen LogP contribution >= 0.6 is 0 Å². The molecule has 0 bridgehead atoms. The van der Waals surface area contributed by atoms with Crippen molar-refractivity contribution in [2.75, 3.05) is 13.1 Å². The van der Waals surface area contributed by atoms with Crippen molar-refractivity contribution in [2.45, 2.75) is 31.0 Å². The fourth-order valence-electron chi connectivity index (χ4n) is 3.37. The number of benzene rings is 1. The highest BCUT2D eigenvalue weighted by atomic mass is 16.3. The zero-order chi connectivity index (χ0) is 16.6. The van der Waals surface area contributed by atoms with Gasteiger partial charge < -0.3 is 20.0 Å². The molecule has 0 saturated carbocycles. The molecule has 1 aromatic rings. The van der Waals surface area contributed by atoms with Crippen LogP contribution in [-0.2, 0) is 16.0 Å². The minimum Gasteiger partial charge on any atom is -0.508 e. The summed E-state index contributed by atoms with van der Waals surface area (Å²) in [7, 11) is 0. The first kappa shape index (κ1) is 15.6. The standard InChI is InChI=1S/C17H20N2O4/c1-2-7-18-14(8-11-3-5-12(20)6-4-11)17(23)19-10-13(21)9-15(19)16(18)22/h2-6,13-15,20-21H,1,7-10H2/t13-,14?,15?/m1/s1. The Morgan fingerprint density at radius 2 is 1.91 bits per heavy atom. The smallest absolute Gasteiger partial charge is 0.246 e. The Labute approximate surface area is 134 Å². The molecule has 3 rings (SSSR count). The van der Waals surface area contributed by atoms with Gasteiger partial charge in [0.15, 0.2) is 0 Å². The highest BCUT2D eigenvalue weighted by Gasteiger charge is 2.49. The first-order valence-corrected chi connectivity index (χ1v) is 7.69. The summed E-state index contributed by atoms with van der Waals surface area (Å²) in [5.41, 5.74) is 0.862. The lowest BCUT2D eigenvalue weighted by atomic mass is 9.98. The molecule has 2 amide bonds. The van der Waals surface area contributed by atoms with E-state index in [9.17, 15) is 19.8 Å². The lowest BCUT2D eigenvalue weighted by Crippen LogP contribution is -2.63. The topological polar surface area (TPSA) is 81.1 Å². The van der Waals surface area contributed by atoms with E-state index in [0.29, 0.717) is 19.4 Å². The highest BCUT2D eigenvalue weighted by molar-refractivity contribution is 5.97. The number of fused-ring (bicyclic) bond motifs is 1. The van der Waals surface area contributed by atoms with Gasteiger partial charge in [-0.1, -0.05) is 18.2 Å². The molecule has 122 valence electrons. The molecule has 6 heteroatoms. The Kier molecular flexibility index (Phi) is 4.09. The number of aromatic hydroxyl groups is 1. The quantitative estimate of drug-likeness (QED) is 0.783. The van der Waals surface area contributed by atoms with E-state index in [2.05, 4.69) is 6.58 Å². The van der Waals surface area contributed by atoms with E-state index < -0.39 is 18.2 Å². The number of phenols is 1. The number of rotatable bonds is 4. The Bertz CT molecular complexity index is 628. The van der Waals surface area contributed by atoms with Gasteiger partial charge in [0.2, 0.25) is 11.8 Å². The van der Waals surface area contributed by atoms with E-state index >= 15 is 0 Å². The van der Waals surface area contributed by atoms with E-state index in [4.69, 9.17) is 0 Å². The molecule has 3 atom stereocenters. The number of carbonyl (C=O) groups excluding carboxylic acids is 2. The fraction of sp³-hybridized carbons (Fsp3) is 0.412. The van der Waals surface area contributed by atoms with Crippen molar-refractivity contribution >= 4 is 11.8 Å². The molecule has 2 N–H and O–H groups in total. The van der Waals surface area contributed by atoms with E-state index in [0.717, 1.165) is 5.56 Å². The zero-order valence-corrected chi connectivity index (χ0v) is 12.8. The van der Waals surface area contributed by atoms with Crippen LogP contribution < -0.4 is 0 Å². The van der Waals surface area contributed by atoms with Gasteiger partial charge in [-0.3, -0.25) is 9.59 Å². The van der Waals surface area contributed by atoms with Gasteiger partial charge in [0.25, 0.3) is 0 Å². The van der Waals surface area contributed by atoms with Gasteiger partial charge in [0, 0.05) is 25.9 Å². The number of carbonyl (C=O) groups is 2. The van der Waals surface area contributed by atoms with Gasteiger partial charge in [-0.25, -0.2) is 0 Å². The number of nitrogens with zero attached hydrogens (tertiary/aromatic N) is 2. The predicted molar refractivity (Wildman–Crippen MR) is 83.6 cm³/mol. The number of aliphatic hydroxyl groups excluding tert-OH is 1. The zero-order valence-electron chi connectivity index (χ0n) is 12.8. The Balaban J connectivity index is 1.88. The van der Waals surface area contributed by atoms with Crippen LogP contribution in [0.4, 0.5) is 0 Å². The molecule has 2 heterocycles. The van der Waals surface area contributed by atoms with Crippen molar-refractivity contribution in [1.29, 1.82) is 0 Å². The summed E-state index contributed by atoms with van der Waals surface area (Å²) >= 11 is 0. The van der Waals surface area contributed by atoms with Crippen molar-refractivity contribution < 1.29 is 19.8 Å². The summed E-state index contributed by atoms with van der Waals surface area (Å²) in [5.74, 6) is -0.114. The summed E-state index contributed by atoms with van der Waals surface area (Å²) in [4.78, 5) is 28.5. The summed E-state index contributed by atoms with van der Waals surface area (Å²) in [6.45, 7) is 4.18. The lowest BCUT2D eigenvalue weighted by Gasteiger charge is -2.41. The third-order valence-corrected chi connectivity index (χ3v) is 4.48. The van der Waals surface area contributed by atoms with Crippen LogP contribution in [0.3, 0.4) is 0 Å². The molecular weight excluding hydrogens is 296 g/mol. The minimum atomic E-state index is -0.647. The molecule has 0 spiro atoms. The molecule has 2 saturated heterocycles. The molecule has 2 aliphatic rings. The second-order valence-electron chi connectivity index (χ2n) is 6.06. The molecule has 2 unspecified atom stereocenters. The van der Waals surface area contributed by atoms with Gasteiger partial charge in [0.1, 0.15) is 17.8 Å². The molecular formula is C17H20N2O4. The van der Waals surface area contributed by atoms with Crippen molar-refractivity contribution in [3.63, 3.8) is 0 Å². The maximum Gasteiger partial charge on any atom is 0.246 e. The van der Waals surface area contributed by atoms with Crippen LogP contribution in [0.25, 0.3) is 0 Å². The summed E-state index contributed by atoms with van der Waals surface area (Å²) < 4.78 is 0. The van der Waals surface area contributed by atoms with Crippen molar-refractivity contribution in [3.05, 3.63) is 42.5 Å². The van der Waals surface area contributed by atoms with Crippen molar-refractivity contribution in [3.8, 4) is 5.75 Å². The van der Waals surface area contributed by atoms with Gasteiger partial charge in [-0.2, -0.15) is 0 Å². The number of hydrogen-bond acceptors (Lipinski definition) is 4. The van der Waals surface area contributed by atoms with Gasteiger partial charge >= 0.3 is 0 Å². The van der Waals surface area contributed by atoms with Crippen LogP contribution in [0.15, 0.2) is 36.9 Å². The van der Waals surface area contributed by atoms with Crippen molar-refractivity contribution in [2.24, 2.45) is 0 Å². The van der Waals surface area contributed by atoms with Gasteiger partial charge in [0.05, 0.1) is 6.10 Å². The second kappa shape index (κ2) is 6.04. The maximum atomic E-state index is 12.8. The number of hydrogen-bond donors (Lipinski definition) is 2. The Hall–Kier alpha value is -2.34. The molecule has 0 radical (unpaired) electrons. The van der Waals surface area contributed by atoms with E-state index in [1.54, 1.807) is 35.2 Å². The Morgan fingerprint density at radius 1 is 1.22 bits per heavy atom. The molecule has 6 nitrogen and oxygen atoms in total. The SMILES string of the molecule is C=CCN1C(=O)C2C[C@@H](O)CN2C(=O)C1Cc1ccc(O)cc1. The van der Waals surface area contributed by atoms with Crippen LogP contribution in [0.1, 0.15) is 12.0 Å². The first-order valence-electron chi connectivity index (χ1n) is 7.69. The third kappa shape index (κ3) is 2.82. The molecule has 23 heavy (non-hydrogen) atoms. The molecule has 0 aliphatic carbocycles. The fourth-order valence-corrected chi connectivity index (χ4v) is 3.37. The van der Waals surface area contributed by atoms with Crippen LogP contribution in [0.5, 0.6) is 5.75 Å². The number of piperazine rings is 1. The van der Waals surface area contributed by atoms with Gasteiger partial charge in [-0.05, 0) is 17.7 Å². The monoisotopic (exact) mass is 316 g/mol. The normalized spacial score (nSPS) is 27.3. The minimum absolute atomic E-state index is 0.134. The maximum absolute atomic E-state index is 12.8. The largest absolute Gasteiger partial charge is 0.508 e. The van der Waals surface area contributed by atoms with E-state index in [-0.39, 0.29) is 24.1 Å². The number of amides is 2. The van der Waals surface area contributed by atoms with E-state index in [1.807, 2.05) is 0 Å². The van der Waals surface area contributed by atoms with Crippen LogP contribution in [-0.4, -0.2) is 63.1 Å². The second-order valence-corrected chi connectivity index (χ2v) is 6.06. The first-order chi connectivity index (χ1) is 11.0. The number of aliphatic hydroxyl groups is 1. The van der Waals surface area contributed by atoms with E-state index in [1.165, 1.54) is 4.90 Å². The summed E-state index contributed by atoms with van der Waals surface area (Å²) in [6, 6.07) is 5.43. The average molecular weight is 316 g/mol. The molecule has 0 aromatic heterocycles. The molecule has 1 aromatic carbocycles. The predicted octanol–water partition coefficient (Wildman–Crippen LogP) is 0.293. The van der Waals surface area contributed by atoms with Gasteiger partial charge in [-0.15, -0.1) is 6.58 Å². The van der Waals surface area contributed by atoms with Crippen molar-refractivity contribution in [1.82, 2.24) is 9.80 Å².